The van der Waals surface area contributed by atoms with Gasteiger partial charge in [0.25, 0.3) is 5.91 Å². The fourth-order valence-electron chi connectivity index (χ4n) is 1.65. The van der Waals surface area contributed by atoms with Gasteiger partial charge >= 0.3 is 0 Å². The lowest BCUT2D eigenvalue weighted by atomic mass is 10.2. The van der Waals surface area contributed by atoms with Crippen LogP contribution in [-0.4, -0.2) is 53.3 Å². The number of aromatic nitrogens is 1. The van der Waals surface area contributed by atoms with Gasteiger partial charge < -0.3 is 9.80 Å². The van der Waals surface area contributed by atoms with Crippen LogP contribution in [0.1, 0.15) is 10.4 Å². The Hall–Kier alpha value is -1.98. The molecule has 1 saturated heterocycles. The fraction of sp³-hybridized carbons (Fsp3) is 0.364. The van der Waals surface area contributed by atoms with Gasteiger partial charge in [-0.1, -0.05) is 0 Å². The number of hydrogen-bond acceptors (Lipinski definition) is 3. The third-order valence-electron chi connectivity index (χ3n) is 2.72. The van der Waals surface area contributed by atoms with Gasteiger partial charge in [0.2, 0.25) is 11.9 Å². The molecule has 0 radical (unpaired) electrons. The molecule has 1 aliphatic rings. The average Bonchev–Trinajstić information content (AvgIpc) is 2.32. The van der Waals surface area contributed by atoms with Crippen molar-refractivity contribution in [3.05, 3.63) is 29.8 Å². The quantitative estimate of drug-likeness (QED) is 0.653. The van der Waals surface area contributed by atoms with E-state index in [-0.39, 0.29) is 23.9 Å². The molecule has 90 valence electrons. The molecular weight excluding hydrogens is 225 g/mol. The van der Waals surface area contributed by atoms with Crippen molar-refractivity contribution < 1.29 is 14.0 Å². The molecule has 0 aromatic carbocycles. The van der Waals surface area contributed by atoms with Crippen molar-refractivity contribution in [2.45, 2.75) is 0 Å². The highest BCUT2D eigenvalue weighted by atomic mass is 19.1. The maximum atomic E-state index is 12.9. The van der Waals surface area contributed by atoms with E-state index in [1.54, 1.807) is 11.9 Å². The van der Waals surface area contributed by atoms with E-state index in [9.17, 15) is 14.0 Å². The fourth-order valence-corrected chi connectivity index (χ4v) is 1.65. The minimum atomic E-state index is -0.698. The molecule has 0 saturated carbocycles. The third kappa shape index (κ3) is 2.41. The molecule has 5 nitrogen and oxygen atoms in total. The van der Waals surface area contributed by atoms with Gasteiger partial charge in [-0.25, -0.2) is 4.98 Å². The number of likely N-dealkylation sites (N-methyl/N-ethyl adjacent to an activating group) is 1. The van der Waals surface area contributed by atoms with Crippen LogP contribution in [-0.2, 0) is 4.79 Å². The van der Waals surface area contributed by atoms with Gasteiger partial charge in [0, 0.05) is 38.0 Å². The SMILES string of the molecule is CN1CCN(C(=O)c2ccnc(F)c2)CC1=O. The highest BCUT2D eigenvalue weighted by Gasteiger charge is 2.25. The van der Waals surface area contributed by atoms with Crippen molar-refractivity contribution in [3.63, 3.8) is 0 Å². The Morgan fingerprint density at radius 2 is 2.24 bits per heavy atom. The molecule has 1 fully saturated rings. The Morgan fingerprint density at radius 1 is 1.47 bits per heavy atom. The lowest BCUT2D eigenvalue weighted by molar-refractivity contribution is -0.133. The van der Waals surface area contributed by atoms with Gasteiger partial charge in [-0.15, -0.1) is 0 Å². The van der Waals surface area contributed by atoms with E-state index >= 15 is 0 Å². The van der Waals surface area contributed by atoms with Gasteiger partial charge in [-0.3, -0.25) is 9.59 Å². The predicted octanol–water partition coefficient (Wildman–Crippen LogP) is 0.135. The minimum absolute atomic E-state index is 0.0409. The molecule has 17 heavy (non-hydrogen) atoms. The van der Waals surface area contributed by atoms with E-state index in [1.807, 2.05) is 0 Å². The van der Waals surface area contributed by atoms with Crippen LogP contribution in [0.15, 0.2) is 18.3 Å². The van der Waals surface area contributed by atoms with Crippen molar-refractivity contribution in [1.29, 1.82) is 0 Å². The summed E-state index contributed by atoms with van der Waals surface area (Å²) in [5, 5.41) is 0. The van der Waals surface area contributed by atoms with E-state index in [4.69, 9.17) is 0 Å². The maximum Gasteiger partial charge on any atom is 0.254 e. The molecule has 0 unspecified atom stereocenters. The Morgan fingerprint density at radius 3 is 2.88 bits per heavy atom. The van der Waals surface area contributed by atoms with Gasteiger partial charge in [-0.2, -0.15) is 4.39 Å². The first kappa shape index (κ1) is 11.5. The Kier molecular flexibility index (Phi) is 3.03. The minimum Gasteiger partial charge on any atom is -0.342 e. The van der Waals surface area contributed by atoms with Crippen LogP contribution in [0, 0.1) is 5.95 Å². The number of piperazine rings is 1. The van der Waals surface area contributed by atoms with Gasteiger partial charge in [0.1, 0.15) is 6.54 Å². The summed E-state index contributed by atoms with van der Waals surface area (Å²) in [5.41, 5.74) is 0.217. The Balaban J connectivity index is 2.13. The summed E-state index contributed by atoms with van der Waals surface area (Å²) in [7, 11) is 1.69. The Bertz CT molecular complexity index is 464. The van der Waals surface area contributed by atoms with E-state index < -0.39 is 5.95 Å². The standard InChI is InChI=1S/C11H12FN3O2/c1-14-4-5-15(7-10(14)16)11(17)8-2-3-13-9(12)6-8/h2-3,6H,4-5,7H2,1H3. The molecule has 2 heterocycles. The van der Waals surface area contributed by atoms with E-state index in [0.29, 0.717) is 13.1 Å². The number of carbonyl (C=O) groups excluding carboxylic acids is 2. The summed E-state index contributed by atoms with van der Waals surface area (Å²) in [6.07, 6.45) is 1.24. The van der Waals surface area contributed by atoms with Crippen LogP contribution < -0.4 is 0 Å². The molecule has 0 atom stereocenters. The summed E-state index contributed by atoms with van der Waals surface area (Å²) in [6.45, 7) is 1.00. The first-order valence-corrected chi connectivity index (χ1v) is 5.23. The summed E-state index contributed by atoms with van der Waals surface area (Å²) in [4.78, 5) is 29.8. The first-order valence-electron chi connectivity index (χ1n) is 5.23. The zero-order valence-electron chi connectivity index (χ0n) is 9.39. The number of hydrogen-bond donors (Lipinski definition) is 0. The van der Waals surface area contributed by atoms with Gasteiger partial charge in [0.15, 0.2) is 0 Å². The number of amides is 2. The molecule has 0 bridgehead atoms. The van der Waals surface area contributed by atoms with Crippen LogP contribution in [0.4, 0.5) is 4.39 Å². The molecule has 1 aromatic heterocycles. The lowest BCUT2D eigenvalue weighted by Crippen LogP contribution is -2.50. The molecular formula is C11H12FN3O2. The first-order chi connectivity index (χ1) is 8.08. The number of rotatable bonds is 1. The van der Waals surface area contributed by atoms with E-state index in [0.717, 1.165) is 6.07 Å². The van der Waals surface area contributed by atoms with Crippen LogP contribution >= 0.6 is 0 Å². The molecule has 2 rings (SSSR count). The normalized spacial score (nSPS) is 16.2. The van der Waals surface area contributed by atoms with Crippen LogP contribution in [0.5, 0.6) is 0 Å². The number of nitrogens with zero attached hydrogens (tertiary/aromatic N) is 3. The highest BCUT2D eigenvalue weighted by Crippen LogP contribution is 2.08. The van der Waals surface area contributed by atoms with Crippen molar-refractivity contribution in [3.8, 4) is 0 Å². The highest BCUT2D eigenvalue weighted by molar-refractivity contribution is 5.96. The zero-order valence-corrected chi connectivity index (χ0v) is 9.39. The summed E-state index contributed by atoms with van der Waals surface area (Å²) >= 11 is 0. The summed E-state index contributed by atoms with van der Waals surface area (Å²) in [5.74, 6) is -1.15. The third-order valence-corrected chi connectivity index (χ3v) is 2.72. The van der Waals surface area contributed by atoms with Crippen molar-refractivity contribution in [1.82, 2.24) is 14.8 Å². The van der Waals surface area contributed by atoms with Crippen LogP contribution in [0.25, 0.3) is 0 Å². The van der Waals surface area contributed by atoms with Crippen LogP contribution in [0.3, 0.4) is 0 Å². The summed E-state index contributed by atoms with van der Waals surface area (Å²) in [6, 6.07) is 2.51. The van der Waals surface area contributed by atoms with Gasteiger partial charge in [-0.05, 0) is 6.07 Å². The molecule has 0 N–H and O–H groups in total. The summed E-state index contributed by atoms with van der Waals surface area (Å²) < 4.78 is 12.9. The van der Waals surface area contributed by atoms with Crippen molar-refractivity contribution >= 4 is 11.8 Å². The number of pyridine rings is 1. The topological polar surface area (TPSA) is 53.5 Å². The number of halogens is 1. The average molecular weight is 237 g/mol. The smallest absolute Gasteiger partial charge is 0.254 e. The van der Waals surface area contributed by atoms with Gasteiger partial charge in [0.05, 0.1) is 0 Å². The van der Waals surface area contributed by atoms with Crippen molar-refractivity contribution in [2.75, 3.05) is 26.7 Å². The second kappa shape index (κ2) is 4.48. The second-order valence-corrected chi connectivity index (χ2v) is 3.91. The van der Waals surface area contributed by atoms with E-state index in [1.165, 1.54) is 17.2 Å². The number of carbonyl (C=O) groups is 2. The molecule has 1 aliphatic heterocycles. The second-order valence-electron chi connectivity index (χ2n) is 3.91. The molecule has 0 spiro atoms. The maximum absolute atomic E-state index is 12.9. The van der Waals surface area contributed by atoms with Crippen LogP contribution in [0.2, 0.25) is 0 Å². The van der Waals surface area contributed by atoms with E-state index in [2.05, 4.69) is 4.98 Å². The lowest BCUT2D eigenvalue weighted by Gasteiger charge is -2.31. The van der Waals surface area contributed by atoms with Crippen molar-refractivity contribution in [2.24, 2.45) is 0 Å². The zero-order chi connectivity index (χ0) is 12.4. The monoisotopic (exact) mass is 237 g/mol. The molecule has 2 amide bonds. The Labute approximate surface area is 97.8 Å². The molecule has 0 aliphatic carbocycles. The molecule has 1 aromatic rings. The largest absolute Gasteiger partial charge is 0.342 e. The predicted molar refractivity (Wildman–Crippen MR) is 57.7 cm³/mol. The molecule has 6 heteroatoms.